The lowest BCUT2D eigenvalue weighted by atomic mass is 10.1. The lowest BCUT2D eigenvalue weighted by Gasteiger charge is -2.19. The molecule has 1 unspecified atom stereocenters. The predicted molar refractivity (Wildman–Crippen MR) is 123 cm³/mol. The topological polar surface area (TPSA) is 89.7 Å². The monoisotopic (exact) mass is 450 g/mol. The van der Waals surface area contributed by atoms with Crippen molar-refractivity contribution in [1.29, 1.82) is 0 Å². The zero-order valence-corrected chi connectivity index (χ0v) is 18.4. The number of hydrogen-bond acceptors (Lipinski definition) is 8. The molecule has 2 aliphatic rings. The van der Waals surface area contributed by atoms with Crippen molar-refractivity contribution >= 4 is 32.7 Å². The van der Waals surface area contributed by atoms with Crippen LogP contribution in [0.25, 0.3) is 32.4 Å². The Labute approximate surface area is 187 Å². The lowest BCUT2D eigenvalue weighted by Crippen LogP contribution is -2.29. The Kier molecular flexibility index (Phi) is 4.63. The van der Waals surface area contributed by atoms with Gasteiger partial charge in [0.25, 0.3) is 5.56 Å². The molecule has 1 fully saturated rings. The minimum absolute atomic E-state index is 0.0148. The van der Waals surface area contributed by atoms with Crippen molar-refractivity contribution in [2.24, 2.45) is 0 Å². The summed E-state index contributed by atoms with van der Waals surface area (Å²) in [7, 11) is 1.56. The van der Waals surface area contributed by atoms with Crippen molar-refractivity contribution in [2.75, 3.05) is 26.7 Å². The number of fused-ring (bicyclic) bond motifs is 5. The largest absolute Gasteiger partial charge is 0.487 e. The summed E-state index contributed by atoms with van der Waals surface area (Å²) in [5.41, 5.74) is 3.35. The SMILES string of the molecule is COc1nc2cc(CO)cc3c2nc1-c1cccc2c(=O)n(sc12)CCN1CC[C@H](C1)O3. The summed E-state index contributed by atoms with van der Waals surface area (Å²) >= 11 is 1.46. The summed E-state index contributed by atoms with van der Waals surface area (Å²) in [6, 6.07) is 9.33. The van der Waals surface area contributed by atoms with Crippen LogP contribution < -0.4 is 15.0 Å². The number of aliphatic hydroxyl groups is 1. The molecule has 2 atom stereocenters. The average molecular weight is 451 g/mol. The maximum atomic E-state index is 13.1. The minimum atomic E-state index is -0.115. The molecule has 6 rings (SSSR count). The molecule has 4 heterocycles. The highest BCUT2D eigenvalue weighted by Crippen LogP contribution is 2.38. The van der Waals surface area contributed by atoms with Crippen molar-refractivity contribution in [1.82, 2.24) is 18.8 Å². The van der Waals surface area contributed by atoms with Crippen LogP contribution in [0, 0.1) is 0 Å². The molecule has 0 saturated carbocycles. The minimum Gasteiger partial charge on any atom is -0.487 e. The zero-order valence-electron chi connectivity index (χ0n) is 17.6. The zero-order chi connectivity index (χ0) is 21.8. The molecule has 164 valence electrons. The van der Waals surface area contributed by atoms with E-state index in [-0.39, 0.29) is 18.3 Å². The highest BCUT2D eigenvalue weighted by Gasteiger charge is 2.27. The van der Waals surface area contributed by atoms with Crippen molar-refractivity contribution in [3.05, 3.63) is 46.2 Å². The summed E-state index contributed by atoms with van der Waals surface area (Å²) in [5.74, 6) is 0.988. The van der Waals surface area contributed by atoms with E-state index < -0.39 is 0 Å². The van der Waals surface area contributed by atoms with Crippen LogP contribution in [0.2, 0.25) is 0 Å². The Morgan fingerprint density at radius 1 is 1.25 bits per heavy atom. The van der Waals surface area contributed by atoms with Gasteiger partial charge in [-0.2, -0.15) is 0 Å². The molecule has 1 saturated heterocycles. The van der Waals surface area contributed by atoms with Gasteiger partial charge in [0.05, 0.1) is 29.3 Å². The lowest BCUT2D eigenvalue weighted by molar-refractivity contribution is 0.200. The number of rotatable bonds is 2. The second-order valence-corrected chi connectivity index (χ2v) is 9.24. The number of aliphatic hydroxyl groups excluding tert-OH is 1. The van der Waals surface area contributed by atoms with E-state index in [1.807, 2.05) is 28.2 Å². The summed E-state index contributed by atoms with van der Waals surface area (Å²) in [6.45, 7) is 3.01. The van der Waals surface area contributed by atoms with Gasteiger partial charge in [-0.05, 0) is 30.2 Å². The number of benzene rings is 2. The van der Waals surface area contributed by atoms with Gasteiger partial charge in [0.2, 0.25) is 5.88 Å². The summed E-state index contributed by atoms with van der Waals surface area (Å²) in [5, 5.41) is 10.5. The summed E-state index contributed by atoms with van der Waals surface area (Å²) in [6.07, 6.45) is 0.909. The number of aromatic nitrogens is 3. The first-order chi connectivity index (χ1) is 15.6. The molecule has 0 amide bonds. The normalized spacial score (nSPS) is 20.1. The first-order valence-corrected chi connectivity index (χ1v) is 11.4. The molecule has 4 aromatic rings. The van der Waals surface area contributed by atoms with Gasteiger partial charge >= 0.3 is 0 Å². The molecular formula is C23H22N4O4S. The molecule has 8 nitrogen and oxygen atoms in total. The third-order valence-corrected chi connectivity index (χ3v) is 7.40. The smallest absolute Gasteiger partial charge is 0.268 e. The summed E-state index contributed by atoms with van der Waals surface area (Å²) in [4.78, 5) is 25.1. The first kappa shape index (κ1) is 19.7. The Hall–Kier alpha value is -3.01. The fourth-order valence-corrected chi connectivity index (χ4v) is 5.69. The number of hydrogen-bond donors (Lipinski definition) is 1. The standard InChI is InChI=1S/C23H22N4O4S/c1-30-22-19-15-3-2-4-16-21(15)32-27(23(16)29)8-7-26-6-5-14(11-26)31-18-10-13(12-28)9-17(24-22)20(18)25-19/h2-4,9-10,14,28H,5-8,11-12H2,1H3/t14-/m1/s1. The van der Waals surface area contributed by atoms with Crippen LogP contribution in [0.5, 0.6) is 11.6 Å². The third-order valence-electron chi connectivity index (χ3n) is 6.21. The van der Waals surface area contributed by atoms with Gasteiger partial charge in [0, 0.05) is 31.7 Å². The highest BCUT2D eigenvalue weighted by atomic mass is 32.1. The molecule has 2 aromatic heterocycles. The van der Waals surface area contributed by atoms with E-state index in [9.17, 15) is 9.90 Å². The maximum Gasteiger partial charge on any atom is 0.268 e. The summed E-state index contributed by atoms with van der Waals surface area (Å²) < 4.78 is 14.7. The quantitative estimate of drug-likeness (QED) is 0.502. The second kappa shape index (κ2) is 7.54. The number of ether oxygens (including phenoxy) is 2. The molecule has 2 aromatic carbocycles. The van der Waals surface area contributed by atoms with E-state index in [1.54, 1.807) is 13.2 Å². The van der Waals surface area contributed by atoms with Crippen molar-refractivity contribution < 1.29 is 14.6 Å². The van der Waals surface area contributed by atoms with Crippen molar-refractivity contribution in [3.8, 4) is 22.9 Å². The maximum absolute atomic E-state index is 13.1. The number of nitrogens with zero attached hydrogens (tertiary/aromatic N) is 4. The average Bonchev–Trinajstić information content (AvgIpc) is 3.40. The first-order valence-electron chi connectivity index (χ1n) is 10.7. The molecule has 0 aliphatic carbocycles. The molecule has 6 bridgehead atoms. The molecule has 0 spiro atoms. The molecule has 0 radical (unpaired) electrons. The van der Waals surface area contributed by atoms with E-state index in [2.05, 4.69) is 4.90 Å². The van der Waals surface area contributed by atoms with E-state index in [0.717, 1.165) is 36.3 Å². The molecule has 32 heavy (non-hydrogen) atoms. The van der Waals surface area contributed by atoms with Crippen LogP contribution in [-0.4, -0.2) is 56.8 Å². The van der Waals surface area contributed by atoms with Gasteiger partial charge in [-0.1, -0.05) is 23.7 Å². The Morgan fingerprint density at radius 2 is 2.16 bits per heavy atom. The van der Waals surface area contributed by atoms with Gasteiger partial charge in [0.15, 0.2) is 0 Å². The third kappa shape index (κ3) is 3.08. The van der Waals surface area contributed by atoms with Gasteiger partial charge in [-0.25, -0.2) is 9.97 Å². The fourth-order valence-electron chi connectivity index (χ4n) is 4.60. The van der Waals surface area contributed by atoms with Crippen LogP contribution in [0.15, 0.2) is 35.1 Å². The molecule has 9 heteroatoms. The van der Waals surface area contributed by atoms with Crippen molar-refractivity contribution in [3.63, 3.8) is 0 Å². The van der Waals surface area contributed by atoms with E-state index in [1.165, 1.54) is 11.5 Å². The fraction of sp³-hybridized carbons (Fsp3) is 0.348. The van der Waals surface area contributed by atoms with Crippen LogP contribution in [0.1, 0.15) is 12.0 Å². The highest BCUT2D eigenvalue weighted by molar-refractivity contribution is 7.14. The molecular weight excluding hydrogens is 428 g/mol. The van der Waals surface area contributed by atoms with Crippen LogP contribution in [-0.2, 0) is 13.2 Å². The molecule has 1 N–H and O–H groups in total. The Morgan fingerprint density at radius 3 is 3.00 bits per heavy atom. The Bertz CT molecular complexity index is 1410. The number of methoxy groups -OCH3 is 1. The molecule has 2 aliphatic heterocycles. The second-order valence-electron chi connectivity index (χ2n) is 8.21. The Balaban J connectivity index is 1.68. The van der Waals surface area contributed by atoms with E-state index in [0.29, 0.717) is 45.9 Å². The van der Waals surface area contributed by atoms with Crippen LogP contribution >= 0.6 is 11.5 Å². The van der Waals surface area contributed by atoms with E-state index in [4.69, 9.17) is 19.4 Å². The predicted octanol–water partition coefficient (Wildman–Crippen LogP) is 2.64. The van der Waals surface area contributed by atoms with Gasteiger partial charge in [-0.3, -0.25) is 13.7 Å². The van der Waals surface area contributed by atoms with Gasteiger partial charge in [0.1, 0.15) is 23.1 Å². The van der Waals surface area contributed by atoms with Gasteiger partial charge < -0.3 is 14.6 Å². The van der Waals surface area contributed by atoms with Crippen LogP contribution in [0.3, 0.4) is 0 Å². The van der Waals surface area contributed by atoms with Crippen LogP contribution in [0.4, 0.5) is 0 Å². The van der Waals surface area contributed by atoms with E-state index >= 15 is 0 Å². The van der Waals surface area contributed by atoms with Gasteiger partial charge in [-0.15, -0.1) is 0 Å². The van der Waals surface area contributed by atoms with Crippen molar-refractivity contribution in [2.45, 2.75) is 25.7 Å².